The van der Waals surface area contributed by atoms with Crippen LogP contribution in [0.4, 0.5) is 102 Å². The molecule has 6 nitrogen and oxygen atoms in total. The second-order valence-electron chi connectivity index (χ2n) is 28.3. The molecule has 14 aromatic carbocycles. The van der Waals surface area contributed by atoms with Crippen molar-refractivity contribution in [2.45, 2.75) is 38.5 Å². The highest BCUT2D eigenvalue weighted by atomic mass is 15.2. The monoisotopic (exact) mass is 1220 g/mol. The zero-order chi connectivity index (χ0) is 63.2. The van der Waals surface area contributed by atoms with E-state index < -0.39 is 0 Å². The fourth-order valence-electron chi connectivity index (χ4n) is 19.1. The van der Waals surface area contributed by atoms with E-state index in [-0.39, 0.29) is 24.3 Å². The summed E-state index contributed by atoms with van der Waals surface area (Å²) in [7, 11) is 0. The van der Waals surface area contributed by atoms with Crippen LogP contribution < -0.4 is 62.2 Å². The molecule has 6 heterocycles. The Morgan fingerprint density at radius 3 is 0.812 bits per heavy atom. The Kier molecular flexibility index (Phi) is 10.2. The summed E-state index contributed by atoms with van der Waals surface area (Å²) in [5, 5.41) is 2.39. The standard InChI is InChI=1S/C88H60B2N6/c1-87(2)65-35-19-17-33-59(65)61-47-45-57(49-67(61)87)93-73-41-21-37-69-79(73)89-81-71(91(69)53-25-9-5-10-26-53)39-23-43-75(81)95(55-29-13-7-14-30-55)85-64-52-78-84-86(63(64)51-77(93)83(85)89)96(56-31-15-8-16-32-56)76-44-24-40-72-82(76)90(84)80-70(92(72)54-27-11-6-12-28-54)38-22-42-74(80)94(78)58-46-48-62-60-34-18-20-36-66(60)88(3,4)68(62)50-58/h5-52H,1-4H3. The smallest absolute Gasteiger partial charge is 0.257 e. The Bertz CT molecular complexity index is 5430. The minimum atomic E-state index is -0.234. The Balaban J connectivity index is 0.921. The predicted octanol–water partition coefficient (Wildman–Crippen LogP) is 19.2. The maximum Gasteiger partial charge on any atom is 0.257 e. The molecule has 0 fully saturated rings. The number of hydrogen-bond donors (Lipinski definition) is 0. The molecule has 0 aromatic heterocycles. The van der Waals surface area contributed by atoms with E-state index in [2.05, 4.69) is 348 Å². The maximum atomic E-state index is 2.68. The van der Waals surface area contributed by atoms with Crippen LogP contribution in [0.5, 0.6) is 0 Å². The first-order chi connectivity index (χ1) is 47.2. The van der Waals surface area contributed by atoms with Gasteiger partial charge in [0.05, 0.1) is 11.4 Å². The van der Waals surface area contributed by atoms with Crippen LogP contribution in [0.2, 0.25) is 0 Å². The number of benzene rings is 14. The zero-order valence-corrected chi connectivity index (χ0v) is 53.6. The number of hydrogen-bond acceptors (Lipinski definition) is 6. The number of para-hydroxylation sites is 4. The van der Waals surface area contributed by atoms with E-state index in [4.69, 9.17) is 0 Å². The quantitative estimate of drug-likeness (QED) is 0.153. The molecule has 0 saturated carbocycles. The first-order valence-electron chi connectivity index (χ1n) is 33.9. The SMILES string of the molecule is CC1(C)c2ccccc2-c2ccc(N3c4cccc5c4B4c6c(cccc6N(c6ccccc6)c6c4c3cc3c4c7c(cc63)N(c3ccc6c(c3)C(C)(C)c3ccccc3-6)c3cccc6c3B7c3c(cccc3N4c3ccccc3)N6c3ccccc3)N5c3ccccc3)cc21. The van der Waals surface area contributed by atoms with Gasteiger partial charge in [-0.3, -0.25) is 0 Å². The molecule has 448 valence electrons. The van der Waals surface area contributed by atoms with E-state index in [0.29, 0.717) is 0 Å². The fourth-order valence-corrected chi connectivity index (χ4v) is 19.1. The normalized spacial score (nSPS) is 15.5. The van der Waals surface area contributed by atoms with Gasteiger partial charge in [0.2, 0.25) is 0 Å². The molecule has 2 aliphatic carbocycles. The zero-order valence-electron chi connectivity index (χ0n) is 53.6. The molecule has 0 radical (unpaired) electrons. The molecule has 8 heteroatoms. The molecule has 22 rings (SSSR count). The second kappa shape index (κ2) is 18.6. The van der Waals surface area contributed by atoms with Crippen molar-refractivity contribution in [2.75, 3.05) is 29.4 Å². The van der Waals surface area contributed by atoms with E-state index in [1.165, 1.54) is 156 Å². The van der Waals surface area contributed by atoms with Crippen molar-refractivity contribution in [3.8, 4) is 22.3 Å². The number of fused-ring (bicyclic) bond motifs is 9. The van der Waals surface area contributed by atoms with E-state index in [1.807, 2.05) is 0 Å². The van der Waals surface area contributed by atoms with Gasteiger partial charge in [-0.1, -0.05) is 185 Å². The van der Waals surface area contributed by atoms with Crippen molar-refractivity contribution in [1.29, 1.82) is 0 Å². The largest absolute Gasteiger partial charge is 0.311 e. The molecular weight excluding hydrogens is 1160 g/mol. The number of rotatable bonds is 6. The third-order valence-electron chi connectivity index (χ3n) is 23.0. The van der Waals surface area contributed by atoms with Crippen molar-refractivity contribution < 1.29 is 0 Å². The van der Waals surface area contributed by atoms with Gasteiger partial charge in [0.15, 0.2) is 0 Å². The molecule has 0 N–H and O–H groups in total. The third kappa shape index (κ3) is 6.54. The van der Waals surface area contributed by atoms with Crippen molar-refractivity contribution >= 4 is 159 Å². The maximum absolute atomic E-state index is 2.68. The molecule has 0 unspecified atom stereocenters. The highest BCUT2D eigenvalue weighted by Gasteiger charge is 2.54. The Hall–Kier alpha value is -11.7. The van der Waals surface area contributed by atoms with E-state index in [0.717, 1.165) is 34.1 Å². The van der Waals surface area contributed by atoms with Crippen molar-refractivity contribution in [2.24, 2.45) is 0 Å². The summed E-state index contributed by atoms with van der Waals surface area (Å²) in [5.41, 5.74) is 39.1. The summed E-state index contributed by atoms with van der Waals surface area (Å²) < 4.78 is 0. The lowest BCUT2D eigenvalue weighted by Gasteiger charge is -2.51. The lowest BCUT2D eigenvalue weighted by atomic mass is 9.31. The molecule has 96 heavy (non-hydrogen) atoms. The summed E-state index contributed by atoms with van der Waals surface area (Å²) in [6, 6.07) is 111. The Morgan fingerprint density at radius 1 is 0.208 bits per heavy atom. The van der Waals surface area contributed by atoms with Gasteiger partial charge >= 0.3 is 0 Å². The van der Waals surface area contributed by atoms with Crippen LogP contribution in [0.3, 0.4) is 0 Å². The van der Waals surface area contributed by atoms with Gasteiger partial charge in [0.1, 0.15) is 0 Å². The topological polar surface area (TPSA) is 19.4 Å². The summed E-state index contributed by atoms with van der Waals surface area (Å²) in [4.78, 5) is 15.8. The summed E-state index contributed by atoms with van der Waals surface area (Å²) in [5.74, 6) is 0. The molecule has 0 atom stereocenters. The average Bonchev–Trinajstić information content (AvgIpc) is 0.990. The summed E-state index contributed by atoms with van der Waals surface area (Å²) >= 11 is 0. The van der Waals surface area contributed by atoms with Gasteiger partial charge < -0.3 is 29.4 Å². The Morgan fingerprint density at radius 2 is 0.479 bits per heavy atom. The molecule has 0 amide bonds. The second-order valence-corrected chi connectivity index (χ2v) is 28.3. The molecule has 6 aliphatic heterocycles. The van der Waals surface area contributed by atoms with E-state index in [1.54, 1.807) is 0 Å². The minimum Gasteiger partial charge on any atom is -0.311 e. The molecule has 0 saturated heterocycles. The van der Waals surface area contributed by atoms with Gasteiger partial charge in [-0.2, -0.15) is 0 Å². The molecule has 8 aliphatic rings. The molecule has 14 aromatic rings. The average molecular weight is 1220 g/mol. The summed E-state index contributed by atoms with van der Waals surface area (Å²) in [6.45, 7) is 9.40. The molecular formula is C88H60B2N6. The van der Waals surface area contributed by atoms with Gasteiger partial charge in [-0.15, -0.1) is 0 Å². The van der Waals surface area contributed by atoms with Crippen LogP contribution in [0, 0.1) is 0 Å². The van der Waals surface area contributed by atoms with Crippen LogP contribution >= 0.6 is 0 Å². The van der Waals surface area contributed by atoms with Crippen LogP contribution in [-0.4, -0.2) is 13.4 Å². The summed E-state index contributed by atoms with van der Waals surface area (Å²) in [6.07, 6.45) is 0. The van der Waals surface area contributed by atoms with E-state index in [9.17, 15) is 0 Å². The lowest BCUT2D eigenvalue weighted by Crippen LogP contribution is -2.65. The molecule has 0 spiro atoms. The predicted molar refractivity (Wildman–Crippen MR) is 404 cm³/mol. The highest BCUT2D eigenvalue weighted by molar-refractivity contribution is 7.04. The third-order valence-corrected chi connectivity index (χ3v) is 23.0. The van der Waals surface area contributed by atoms with Crippen molar-refractivity contribution in [1.82, 2.24) is 0 Å². The minimum absolute atomic E-state index is 0.133. The van der Waals surface area contributed by atoms with Crippen LogP contribution in [-0.2, 0) is 10.8 Å². The van der Waals surface area contributed by atoms with Crippen LogP contribution in [0.25, 0.3) is 33.0 Å². The molecule has 0 bridgehead atoms. The number of anilines is 18. The van der Waals surface area contributed by atoms with Crippen LogP contribution in [0.1, 0.15) is 49.9 Å². The van der Waals surface area contributed by atoms with Gasteiger partial charge in [0.25, 0.3) is 13.4 Å². The van der Waals surface area contributed by atoms with Gasteiger partial charge in [-0.25, -0.2) is 0 Å². The first kappa shape index (κ1) is 52.7. The van der Waals surface area contributed by atoms with E-state index >= 15 is 0 Å². The van der Waals surface area contributed by atoms with Gasteiger partial charge in [-0.05, 0) is 211 Å². The van der Waals surface area contributed by atoms with Gasteiger partial charge in [0, 0.05) is 113 Å². The fraction of sp³-hybridized carbons (Fsp3) is 0.0682. The van der Waals surface area contributed by atoms with Crippen LogP contribution in [0.15, 0.2) is 291 Å². The Labute approximate surface area is 559 Å². The number of nitrogens with zero attached hydrogens (tertiary/aromatic N) is 6. The lowest BCUT2D eigenvalue weighted by molar-refractivity contribution is 0.660. The van der Waals surface area contributed by atoms with Crippen molar-refractivity contribution in [3.05, 3.63) is 313 Å². The highest BCUT2D eigenvalue weighted by Crippen LogP contribution is 2.60. The first-order valence-corrected chi connectivity index (χ1v) is 33.9. The van der Waals surface area contributed by atoms with Crippen molar-refractivity contribution in [3.63, 3.8) is 0 Å².